The van der Waals surface area contributed by atoms with E-state index in [1.165, 1.54) is 6.20 Å². The molecule has 0 unspecified atom stereocenters. The van der Waals surface area contributed by atoms with Crippen LogP contribution < -0.4 is 11.1 Å². The highest BCUT2D eigenvalue weighted by Crippen LogP contribution is 2.16. The molecule has 0 saturated carbocycles. The molecule has 0 atom stereocenters. The summed E-state index contributed by atoms with van der Waals surface area (Å²) in [4.78, 5) is 20.3. The van der Waals surface area contributed by atoms with Crippen LogP contribution in [0.4, 0.5) is 5.69 Å². The van der Waals surface area contributed by atoms with Gasteiger partial charge in [0.05, 0.1) is 16.6 Å². The molecule has 1 heterocycles. The second-order valence-corrected chi connectivity index (χ2v) is 8.55. The number of carbonyl (C=O) groups excluding carboxylic acids is 1. The van der Waals surface area contributed by atoms with Crippen LogP contribution in [0.2, 0.25) is 0 Å². The Morgan fingerprint density at radius 3 is 2.48 bits per heavy atom. The monoisotopic (exact) mass is 314 g/mol. The van der Waals surface area contributed by atoms with Gasteiger partial charge in [-0.2, -0.15) is 0 Å². The summed E-state index contributed by atoms with van der Waals surface area (Å²) >= 11 is 0. The van der Waals surface area contributed by atoms with Crippen molar-refractivity contribution in [1.82, 2.24) is 15.3 Å². The van der Waals surface area contributed by atoms with Crippen molar-refractivity contribution < 1.29 is 13.2 Å². The molecule has 8 heteroatoms. The van der Waals surface area contributed by atoms with Crippen LogP contribution in [0.25, 0.3) is 0 Å². The van der Waals surface area contributed by atoms with E-state index in [0.29, 0.717) is 5.82 Å². The van der Waals surface area contributed by atoms with Gasteiger partial charge in [0, 0.05) is 18.7 Å². The molecule has 118 valence electrons. The molecule has 0 aliphatic rings. The predicted molar refractivity (Wildman–Crippen MR) is 81.8 cm³/mol. The Morgan fingerprint density at radius 1 is 1.43 bits per heavy atom. The zero-order valence-electron chi connectivity index (χ0n) is 13.0. The van der Waals surface area contributed by atoms with Crippen LogP contribution in [0.1, 0.15) is 49.9 Å². The fourth-order valence-corrected chi connectivity index (χ4v) is 1.71. The average Bonchev–Trinajstić information content (AvgIpc) is 2.35. The van der Waals surface area contributed by atoms with Gasteiger partial charge in [0.15, 0.2) is 15.5 Å². The Balaban J connectivity index is 2.93. The summed E-state index contributed by atoms with van der Waals surface area (Å²) in [6.45, 7) is 6.88. The minimum Gasteiger partial charge on any atom is -0.396 e. The van der Waals surface area contributed by atoms with E-state index in [4.69, 9.17) is 5.73 Å². The van der Waals surface area contributed by atoms with Gasteiger partial charge in [-0.1, -0.05) is 13.8 Å². The highest BCUT2D eigenvalue weighted by molar-refractivity contribution is 7.92. The largest absolute Gasteiger partial charge is 0.396 e. The minimum atomic E-state index is -3.29. The van der Waals surface area contributed by atoms with Gasteiger partial charge in [-0.15, -0.1) is 0 Å². The van der Waals surface area contributed by atoms with Crippen molar-refractivity contribution >= 4 is 21.4 Å². The number of nitrogen functional groups attached to an aromatic ring is 1. The maximum atomic E-state index is 12.1. The van der Waals surface area contributed by atoms with Crippen molar-refractivity contribution in [2.45, 2.75) is 38.4 Å². The molecule has 0 radical (unpaired) electrons. The molecule has 1 aromatic rings. The van der Waals surface area contributed by atoms with Crippen LogP contribution >= 0.6 is 0 Å². The lowest BCUT2D eigenvalue weighted by Crippen LogP contribution is -2.44. The maximum Gasteiger partial charge on any atom is 0.272 e. The maximum absolute atomic E-state index is 12.1. The zero-order valence-corrected chi connectivity index (χ0v) is 13.8. The molecule has 1 rings (SSSR count). The number of hydrogen-bond donors (Lipinski definition) is 2. The number of amides is 1. The molecule has 0 aliphatic carbocycles. The first-order valence-corrected chi connectivity index (χ1v) is 8.45. The first-order valence-electron chi connectivity index (χ1n) is 6.56. The summed E-state index contributed by atoms with van der Waals surface area (Å²) in [7, 11) is -3.29. The summed E-state index contributed by atoms with van der Waals surface area (Å²) in [5.41, 5.74) is 5.94. The third-order valence-electron chi connectivity index (χ3n) is 3.25. The molecule has 0 aliphatic heterocycles. The number of hydrogen-bond acceptors (Lipinski definition) is 6. The van der Waals surface area contributed by atoms with E-state index in [1.54, 1.807) is 13.8 Å². The lowest BCUT2D eigenvalue weighted by molar-refractivity contribution is 0.0946. The number of sulfone groups is 1. The zero-order chi connectivity index (χ0) is 16.4. The van der Waals surface area contributed by atoms with Crippen LogP contribution in [0.5, 0.6) is 0 Å². The van der Waals surface area contributed by atoms with Crippen LogP contribution in [-0.4, -0.2) is 41.8 Å². The van der Waals surface area contributed by atoms with Crippen LogP contribution in [0, 0.1) is 0 Å². The number of nitrogens with one attached hydrogen (secondary N) is 1. The first kappa shape index (κ1) is 17.4. The number of aromatic nitrogens is 2. The van der Waals surface area contributed by atoms with E-state index < -0.39 is 20.5 Å². The van der Waals surface area contributed by atoms with E-state index in [0.717, 1.165) is 6.26 Å². The van der Waals surface area contributed by atoms with Crippen molar-refractivity contribution in [3.05, 3.63) is 17.7 Å². The van der Waals surface area contributed by atoms with Crippen molar-refractivity contribution in [2.24, 2.45) is 0 Å². The van der Waals surface area contributed by atoms with E-state index in [-0.39, 0.29) is 23.8 Å². The van der Waals surface area contributed by atoms with E-state index >= 15 is 0 Å². The topological polar surface area (TPSA) is 115 Å². The summed E-state index contributed by atoms with van der Waals surface area (Å²) in [6, 6.07) is 0. The smallest absolute Gasteiger partial charge is 0.272 e. The van der Waals surface area contributed by atoms with Gasteiger partial charge < -0.3 is 11.1 Å². The van der Waals surface area contributed by atoms with E-state index in [2.05, 4.69) is 15.3 Å². The molecule has 1 amide bonds. The minimum absolute atomic E-state index is 0.0227. The fraction of sp³-hybridized carbons (Fsp3) is 0.615. The molecule has 0 saturated heterocycles. The van der Waals surface area contributed by atoms with Crippen LogP contribution in [-0.2, 0) is 9.84 Å². The average molecular weight is 314 g/mol. The van der Waals surface area contributed by atoms with Crippen molar-refractivity contribution in [2.75, 3.05) is 18.5 Å². The number of anilines is 1. The number of nitrogens with two attached hydrogens (primary N) is 1. The molecule has 0 bridgehead atoms. The van der Waals surface area contributed by atoms with E-state index in [1.807, 2.05) is 13.8 Å². The van der Waals surface area contributed by atoms with Gasteiger partial charge in [0.1, 0.15) is 5.82 Å². The molecular weight excluding hydrogens is 292 g/mol. The molecule has 0 fully saturated rings. The van der Waals surface area contributed by atoms with Gasteiger partial charge in [-0.05, 0) is 13.8 Å². The second kappa shape index (κ2) is 5.97. The third kappa shape index (κ3) is 4.13. The van der Waals surface area contributed by atoms with Crippen molar-refractivity contribution in [3.63, 3.8) is 0 Å². The fourth-order valence-electron chi connectivity index (χ4n) is 1.37. The van der Waals surface area contributed by atoms with Gasteiger partial charge in [-0.25, -0.2) is 18.4 Å². The Bertz CT molecular complexity index is 639. The second-order valence-electron chi connectivity index (χ2n) is 5.90. The lowest BCUT2D eigenvalue weighted by Gasteiger charge is -2.22. The molecule has 3 N–H and O–H groups in total. The molecular formula is C13H22N4O3S. The third-order valence-corrected chi connectivity index (χ3v) is 5.40. The summed E-state index contributed by atoms with van der Waals surface area (Å²) in [5.74, 6) is 0.0647. The SMILES string of the molecule is CC(C)c1ncc(N)c(C(=O)NCC(C)(C)S(C)(=O)=O)n1. The van der Waals surface area contributed by atoms with Crippen molar-refractivity contribution in [3.8, 4) is 0 Å². The Morgan fingerprint density at radius 2 is 2.00 bits per heavy atom. The lowest BCUT2D eigenvalue weighted by atomic mass is 10.2. The van der Waals surface area contributed by atoms with Crippen LogP contribution in [0.3, 0.4) is 0 Å². The van der Waals surface area contributed by atoms with E-state index in [9.17, 15) is 13.2 Å². The molecule has 21 heavy (non-hydrogen) atoms. The molecule has 0 aromatic carbocycles. The molecule has 7 nitrogen and oxygen atoms in total. The Hall–Kier alpha value is -1.70. The first-order chi connectivity index (χ1) is 9.45. The van der Waals surface area contributed by atoms with Crippen molar-refractivity contribution in [1.29, 1.82) is 0 Å². The highest BCUT2D eigenvalue weighted by Gasteiger charge is 2.31. The molecule has 1 aromatic heterocycles. The normalized spacial score (nSPS) is 12.5. The number of nitrogens with zero attached hydrogens (tertiary/aromatic N) is 2. The molecule has 0 spiro atoms. The Labute approximate surface area is 125 Å². The number of rotatable bonds is 5. The summed E-state index contributed by atoms with van der Waals surface area (Å²) in [6.07, 6.45) is 2.52. The standard InChI is InChI=1S/C13H22N4O3S/c1-8(2)11-15-6-9(14)10(17-11)12(18)16-7-13(3,4)21(5,19)20/h6,8H,7,14H2,1-5H3,(H,16,18). The summed E-state index contributed by atoms with van der Waals surface area (Å²) < 4.78 is 22.2. The van der Waals surface area contributed by atoms with Gasteiger partial charge >= 0.3 is 0 Å². The van der Waals surface area contributed by atoms with Gasteiger partial charge in [-0.3, -0.25) is 4.79 Å². The Kier molecular flexibility index (Phi) is 4.93. The predicted octanol–water partition coefficient (Wildman–Crippen LogP) is 0.735. The number of carbonyl (C=O) groups is 1. The van der Waals surface area contributed by atoms with Gasteiger partial charge in [0.25, 0.3) is 5.91 Å². The van der Waals surface area contributed by atoms with Gasteiger partial charge in [0.2, 0.25) is 0 Å². The summed E-state index contributed by atoms with van der Waals surface area (Å²) in [5, 5.41) is 2.56. The van der Waals surface area contributed by atoms with Crippen LogP contribution in [0.15, 0.2) is 6.20 Å². The highest BCUT2D eigenvalue weighted by atomic mass is 32.2. The quantitative estimate of drug-likeness (QED) is 0.828.